The monoisotopic (exact) mass is 526 g/mol. The number of piperidine rings is 1. The van der Waals surface area contributed by atoms with Gasteiger partial charge in [-0.15, -0.1) is 13.2 Å². The second-order valence-corrected chi connectivity index (χ2v) is 9.81. The number of amides is 1. The van der Waals surface area contributed by atoms with Crippen molar-refractivity contribution in [2.24, 2.45) is 11.7 Å². The van der Waals surface area contributed by atoms with Gasteiger partial charge in [-0.25, -0.2) is 9.97 Å². The fraction of sp³-hybridized carbons (Fsp3) is 0.542. The number of nitrogens with two attached hydrogens (primary N) is 1. The molecule has 202 valence electrons. The van der Waals surface area contributed by atoms with E-state index in [1.807, 2.05) is 0 Å². The molecule has 0 unspecified atom stereocenters. The third-order valence-electron chi connectivity index (χ3n) is 6.63. The summed E-state index contributed by atoms with van der Waals surface area (Å²) < 4.78 is 57.4. The molecule has 2 aliphatic rings. The van der Waals surface area contributed by atoms with E-state index in [-0.39, 0.29) is 55.5 Å². The molecular weight excluding hydrogens is 496 g/mol. The van der Waals surface area contributed by atoms with Gasteiger partial charge in [0.2, 0.25) is 11.7 Å². The summed E-state index contributed by atoms with van der Waals surface area (Å²) in [6.45, 7) is 2.93. The van der Waals surface area contributed by atoms with Crippen molar-refractivity contribution in [3.05, 3.63) is 42.0 Å². The maximum atomic E-state index is 15.5. The number of carbonyl (C=O) groups excluding carboxylic acids is 1. The number of aliphatic hydroxyl groups is 1. The molecule has 4 N–H and O–H groups in total. The molecule has 2 atom stereocenters. The fourth-order valence-corrected chi connectivity index (χ4v) is 4.69. The minimum Gasteiger partial charge on any atom is -0.406 e. The van der Waals surface area contributed by atoms with Crippen molar-refractivity contribution in [2.75, 3.05) is 36.4 Å². The van der Waals surface area contributed by atoms with Crippen LogP contribution in [-0.4, -0.2) is 70.1 Å². The number of ether oxygens (including phenoxy) is 1. The Morgan fingerprint density at radius 3 is 2.73 bits per heavy atom. The second-order valence-electron chi connectivity index (χ2n) is 9.81. The van der Waals surface area contributed by atoms with E-state index >= 15 is 4.39 Å². The van der Waals surface area contributed by atoms with Gasteiger partial charge in [0.15, 0.2) is 11.6 Å². The molecule has 1 aromatic carbocycles. The average molecular weight is 527 g/mol. The highest BCUT2D eigenvalue weighted by atomic mass is 19.4. The lowest BCUT2D eigenvalue weighted by molar-refractivity contribution is -0.274. The first-order chi connectivity index (χ1) is 17.4. The molecule has 1 aliphatic carbocycles. The number of nitrogens with one attached hydrogen (secondary N) is 1. The Bertz CT molecular complexity index is 1110. The summed E-state index contributed by atoms with van der Waals surface area (Å²) in [5, 5.41) is 13.9. The second kappa shape index (κ2) is 10.7. The van der Waals surface area contributed by atoms with Crippen molar-refractivity contribution in [1.29, 1.82) is 0 Å². The zero-order valence-electron chi connectivity index (χ0n) is 20.3. The summed E-state index contributed by atoms with van der Waals surface area (Å²) in [4.78, 5) is 22.9. The molecule has 0 bridgehead atoms. The number of β-amino-alcohol motifs (C(OH)–C–C–N with tert-alkyl or cyclic N) is 1. The van der Waals surface area contributed by atoms with E-state index in [4.69, 9.17) is 5.73 Å². The SMILES string of the molecule is C[C@]1(O)CN(CC(N)=O)CC[C@H]1CNc1ncnc(N(Cc2cccc(OC(F)(F)F)c2)C2CC2)c1F. The van der Waals surface area contributed by atoms with Gasteiger partial charge in [0, 0.05) is 31.6 Å². The number of benzene rings is 1. The summed E-state index contributed by atoms with van der Waals surface area (Å²) in [7, 11) is 0. The zero-order chi connectivity index (χ0) is 26.8. The Morgan fingerprint density at radius 1 is 1.32 bits per heavy atom. The predicted octanol–water partition coefficient (Wildman–Crippen LogP) is 2.65. The molecule has 0 radical (unpaired) electrons. The molecule has 1 aliphatic heterocycles. The molecule has 1 saturated carbocycles. The first-order valence-corrected chi connectivity index (χ1v) is 12.0. The van der Waals surface area contributed by atoms with Gasteiger partial charge in [-0.05, 0) is 50.4 Å². The molecule has 2 aromatic rings. The molecule has 13 heteroatoms. The van der Waals surface area contributed by atoms with Crippen LogP contribution < -0.4 is 20.7 Å². The van der Waals surface area contributed by atoms with Crippen molar-refractivity contribution in [3.63, 3.8) is 0 Å². The number of anilines is 2. The first-order valence-electron chi connectivity index (χ1n) is 12.0. The van der Waals surface area contributed by atoms with E-state index in [2.05, 4.69) is 20.0 Å². The topological polar surface area (TPSA) is 117 Å². The highest BCUT2D eigenvalue weighted by molar-refractivity contribution is 5.75. The molecular formula is C24H30F4N6O3. The van der Waals surface area contributed by atoms with Crippen molar-refractivity contribution >= 4 is 17.5 Å². The van der Waals surface area contributed by atoms with Gasteiger partial charge >= 0.3 is 6.36 Å². The van der Waals surface area contributed by atoms with Crippen molar-refractivity contribution in [2.45, 2.75) is 50.7 Å². The summed E-state index contributed by atoms with van der Waals surface area (Å²) in [5.74, 6) is -1.71. The van der Waals surface area contributed by atoms with Crippen LogP contribution in [-0.2, 0) is 11.3 Å². The number of halogens is 4. The molecule has 0 spiro atoms. The lowest BCUT2D eigenvalue weighted by atomic mass is 9.82. The standard InChI is InChI=1S/C24H30F4N6O3/c1-23(36)13-33(12-19(29)35)8-7-16(23)10-30-21-20(25)22(32-14-31-21)34(17-5-6-17)11-15-3-2-4-18(9-15)37-24(26,27)28/h2-4,9,14,16-17,36H,5-8,10-13H2,1H3,(H2,29,35)(H,30,31,32)/t16-,23-/m0/s1. The van der Waals surface area contributed by atoms with E-state index in [1.54, 1.807) is 22.8 Å². The number of rotatable bonds is 10. The van der Waals surface area contributed by atoms with Crippen LogP contribution in [0, 0.1) is 11.7 Å². The van der Waals surface area contributed by atoms with Crippen LogP contribution >= 0.6 is 0 Å². The Morgan fingerprint density at radius 2 is 2.08 bits per heavy atom. The summed E-state index contributed by atoms with van der Waals surface area (Å²) in [5.41, 5.74) is 4.64. The number of likely N-dealkylation sites (tertiary alicyclic amines) is 1. The van der Waals surface area contributed by atoms with Gasteiger partial charge in [0.1, 0.15) is 12.1 Å². The highest BCUT2D eigenvalue weighted by Gasteiger charge is 2.39. The quantitative estimate of drug-likeness (QED) is 0.405. The highest BCUT2D eigenvalue weighted by Crippen LogP contribution is 2.35. The Labute approximate surface area is 211 Å². The summed E-state index contributed by atoms with van der Waals surface area (Å²) in [6.07, 6.45) is -1.41. The normalized spacial score (nSPS) is 22.5. The maximum absolute atomic E-state index is 15.5. The van der Waals surface area contributed by atoms with Gasteiger partial charge in [0.05, 0.1) is 12.1 Å². The smallest absolute Gasteiger partial charge is 0.406 e. The molecule has 1 amide bonds. The summed E-state index contributed by atoms with van der Waals surface area (Å²) in [6, 6.07) is 5.57. The fourth-order valence-electron chi connectivity index (χ4n) is 4.69. The molecule has 1 saturated heterocycles. The maximum Gasteiger partial charge on any atom is 0.573 e. The molecule has 9 nitrogen and oxygen atoms in total. The number of hydrogen-bond donors (Lipinski definition) is 3. The average Bonchev–Trinajstić information content (AvgIpc) is 3.61. The number of carbonyl (C=O) groups is 1. The minimum absolute atomic E-state index is 0.000225. The van der Waals surface area contributed by atoms with E-state index in [9.17, 15) is 23.1 Å². The van der Waals surface area contributed by atoms with Gasteiger partial charge < -0.3 is 25.8 Å². The van der Waals surface area contributed by atoms with Crippen molar-refractivity contribution in [1.82, 2.24) is 14.9 Å². The summed E-state index contributed by atoms with van der Waals surface area (Å²) >= 11 is 0. The Hall–Kier alpha value is -3.19. The predicted molar refractivity (Wildman–Crippen MR) is 127 cm³/mol. The van der Waals surface area contributed by atoms with Crippen molar-refractivity contribution in [3.8, 4) is 5.75 Å². The third-order valence-corrected chi connectivity index (χ3v) is 6.63. The lowest BCUT2D eigenvalue weighted by Gasteiger charge is -2.42. The number of nitrogens with zero attached hydrogens (tertiary/aromatic N) is 4. The molecule has 1 aromatic heterocycles. The van der Waals surface area contributed by atoms with Crippen LogP contribution in [0.25, 0.3) is 0 Å². The first kappa shape index (κ1) is 26.9. The van der Waals surface area contributed by atoms with Crippen LogP contribution in [0.1, 0.15) is 31.7 Å². The molecule has 2 fully saturated rings. The number of hydrogen-bond acceptors (Lipinski definition) is 8. The van der Waals surface area contributed by atoms with Crippen LogP contribution in [0.4, 0.5) is 29.2 Å². The largest absolute Gasteiger partial charge is 0.573 e. The zero-order valence-corrected chi connectivity index (χ0v) is 20.3. The minimum atomic E-state index is -4.81. The van der Waals surface area contributed by atoms with Crippen molar-refractivity contribution < 1.29 is 32.2 Å². The van der Waals surface area contributed by atoms with E-state index in [0.29, 0.717) is 18.5 Å². The third kappa shape index (κ3) is 7.19. The van der Waals surface area contributed by atoms with E-state index < -0.39 is 23.7 Å². The van der Waals surface area contributed by atoms with Gasteiger partial charge in [-0.2, -0.15) is 4.39 Å². The van der Waals surface area contributed by atoms with Gasteiger partial charge in [-0.1, -0.05) is 12.1 Å². The van der Waals surface area contributed by atoms with Gasteiger partial charge in [0.25, 0.3) is 0 Å². The lowest BCUT2D eigenvalue weighted by Crippen LogP contribution is -2.55. The van der Waals surface area contributed by atoms with Crippen LogP contribution in [0.2, 0.25) is 0 Å². The molecule has 2 heterocycles. The molecule has 37 heavy (non-hydrogen) atoms. The number of alkyl halides is 3. The van der Waals surface area contributed by atoms with E-state index in [1.165, 1.54) is 24.5 Å². The van der Waals surface area contributed by atoms with Crippen LogP contribution in [0.3, 0.4) is 0 Å². The van der Waals surface area contributed by atoms with Crippen LogP contribution in [0.5, 0.6) is 5.75 Å². The number of primary amides is 1. The van der Waals surface area contributed by atoms with E-state index in [0.717, 1.165) is 12.8 Å². The number of aromatic nitrogens is 2. The Kier molecular flexibility index (Phi) is 7.74. The van der Waals surface area contributed by atoms with Crippen LogP contribution in [0.15, 0.2) is 30.6 Å². The van der Waals surface area contributed by atoms with Gasteiger partial charge in [-0.3, -0.25) is 9.69 Å². The molecule has 4 rings (SSSR count). The Balaban J connectivity index is 1.45.